The van der Waals surface area contributed by atoms with Crippen LogP contribution in [-0.2, 0) is 11.3 Å². The van der Waals surface area contributed by atoms with Gasteiger partial charge in [0.05, 0.1) is 6.10 Å². The highest BCUT2D eigenvalue weighted by atomic mass is 16.3. The van der Waals surface area contributed by atoms with E-state index in [1.165, 1.54) is 24.0 Å². The molecule has 2 aliphatic heterocycles. The minimum Gasteiger partial charge on any atom is -0.392 e. The molecular formula is C22H35N3O2. The van der Waals surface area contributed by atoms with Gasteiger partial charge in [-0.1, -0.05) is 24.3 Å². The third-order valence-electron chi connectivity index (χ3n) is 6.20. The van der Waals surface area contributed by atoms with Crippen molar-refractivity contribution in [3.63, 3.8) is 0 Å². The summed E-state index contributed by atoms with van der Waals surface area (Å²) in [6.45, 7) is 9.69. The van der Waals surface area contributed by atoms with Gasteiger partial charge in [0, 0.05) is 25.0 Å². The molecule has 0 aliphatic carbocycles. The van der Waals surface area contributed by atoms with E-state index in [2.05, 4.69) is 46.3 Å². The SMILES string of the molecule is Cc1ccccc1CN1CCC(N2CCC(C(=O)NC[C@@H](C)O)CC2)CC1. The highest BCUT2D eigenvalue weighted by Gasteiger charge is 2.30. The maximum absolute atomic E-state index is 12.2. The molecule has 1 amide bonds. The van der Waals surface area contributed by atoms with Crippen molar-refractivity contribution in [2.75, 3.05) is 32.7 Å². The number of amides is 1. The van der Waals surface area contributed by atoms with E-state index in [-0.39, 0.29) is 11.8 Å². The number of nitrogens with one attached hydrogen (secondary N) is 1. The Balaban J connectivity index is 1.39. The van der Waals surface area contributed by atoms with Gasteiger partial charge in [-0.25, -0.2) is 0 Å². The third-order valence-corrected chi connectivity index (χ3v) is 6.20. The Labute approximate surface area is 163 Å². The van der Waals surface area contributed by atoms with Crippen LogP contribution in [0.15, 0.2) is 24.3 Å². The van der Waals surface area contributed by atoms with Gasteiger partial charge in [0.15, 0.2) is 0 Å². The Bertz CT molecular complexity index is 603. The summed E-state index contributed by atoms with van der Waals surface area (Å²) in [6, 6.07) is 9.36. The number of piperidine rings is 2. The van der Waals surface area contributed by atoms with Crippen molar-refractivity contribution < 1.29 is 9.90 Å². The molecule has 1 aromatic rings. The lowest BCUT2D eigenvalue weighted by molar-refractivity contribution is -0.127. The first-order valence-electron chi connectivity index (χ1n) is 10.5. The van der Waals surface area contributed by atoms with Gasteiger partial charge < -0.3 is 15.3 Å². The number of carbonyl (C=O) groups is 1. The molecule has 150 valence electrons. The second-order valence-electron chi connectivity index (χ2n) is 8.34. The number of aliphatic hydroxyl groups excluding tert-OH is 1. The zero-order chi connectivity index (χ0) is 19.2. The summed E-state index contributed by atoms with van der Waals surface area (Å²) in [4.78, 5) is 17.4. The zero-order valence-corrected chi connectivity index (χ0v) is 16.9. The van der Waals surface area contributed by atoms with Crippen LogP contribution in [0.3, 0.4) is 0 Å². The Morgan fingerprint density at radius 2 is 1.81 bits per heavy atom. The van der Waals surface area contributed by atoms with Crippen LogP contribution in [0.5, 0.6) is 0 Å². The molecule has 1 atom stereocenters. The largest absolute Gasteiger partial charge is 0.392 e. The van der Waals surface area contributed by atoms with E-state index < -0.39 is 6.10 Å². The Morgan fingerprint density at radius 1 is 1.15 bits per heavy atom. The van der Waals surface area contributed by atoms with Gasteiger partial charge in [0.25, 0.3) is 0 Å². The molecule has 1 aromatic carbocycles. The molecule has 27 heavy (non-hydrogen) atoms. The fourth-order valence-corrected chi connectivity index (χ4v) is 4.39. The van der Waals surface area contributed by atoms with Gasteiger partial charge in [0.2, 0.25) is 5.91 Å². The quantitative estimate of drug-likeness (QED) is 0.802. The van der Waals surface area contributed by atoms with Gasteiger partial charge in [-0.15, -0.1) is 0 Å². The van der Waals surface area contributed by atoms with Crippen LogP contribution in [0.2, 0.25) is 0 Å². The van der Waals surface area contributed by atoms with Crippen LogP contribution in [0.1, 0.15) is 43.7 Å². The van der Waals surface area contributed by atoms with Crippen LogP contribution in [0.4, 0.5) is 0 Å². The van der Waals surface area contributed by atoms with Gasteiger partial charge in [-0.05, 0) is 76.8 Å². The highest BCUT2D eigenvalue weighted by Crippen LogP contribution is 2.25. The van der Waals surface area contributed by atoms with Crippen molar-refractivity contribution in [1.82, 2.24) is 15.1 Å². The predicted octanol–water partition coefficient (Wildman–Crippen LogP) is 2.17. The average molecular weight is 374 g/mol. The summed E-state index contributed by atoms with van der Waals surface area (Å²) in [7, 11) is 0. The molecule has 0 spiro atoms. The van der Waals surface area contributed by atoms with Crippen molar-refractivity contribution in [3.05, 3.63) is 35.4 Å². The monoisotopic (exact) mass is 373 g/mol. The lowest BCUT2D eigenvalue weighted by Gasteiger charge is -2.41. The topological polar surface area (TPSA) is 55.8 Å². The number of likely N-dealkylation sites (tertiary alicyclic amines) is 2. The standard InChI is InChI=1S/C22H35N3O2/c1-17-5-3-4-6-20(17)16-24-11-9-21(10-12-24)25-13-7-19(8-14-25)22(27)23-15-18(2)26/h3-6,18-19,21,26H,7-16H2,1-2H3,(H,23,27)/t18-/m1/s1. The first-order valence-corrected chi connectivity index (χ1v) is 10.5. The van der Waals surface area contributed by atoms with Crippen LogP contribution < -0.4 is 5.32 Å². The smallest absolute Gasteiger partial charge is 0.223 e. The van der Waals surface area contributed by atoms with Crippen LogP contribution in [-0.4, -0.2) is 65.7 Å². The van der Waals surface area contributed by atoms with E-state index in [9.17, 15) is 9.90 Å². The van der Waals surface area contributed by atoms with E-state index in [1.807, 2.05) is 0 Å². The molecule has 0 radical (unpaired) electrons. The number of carbonyl (C=O) groups excluding carboxylic acids is 1. The van der Waals surface area contributed by atoms with Crippen LogP contribution in [0, 0.1) is 12.8 Å². The number of hydrogen-bond acceptors (Lipinski definition) is 4. The summed E-state index contributed by atoms with van der Waals surface area (Å²) in [5.41, 5.74) is 2.83. The Hall–Kier alpha value is -1.43. The molecule has 3 rings (SSSR count). The van der Waals surface area contributed by atoms with E-state index >= 15 is 0 Å². The molecule has 2 saturated heterocycles. The van der Waals surface area contributed by atoms with Crippen molar-refractivity contribution >= 4 is 5.91 Å². The third kappa shape index (κ3) is 5.77. The normalized spacial score (nSPS) is 21.9. The van der Waals surface area contributed by atoms with Gasteiger partial charge >= 0.3 is 0 Å². The Kier molecular flexibility index (Phi) is 7.27. The summed E-state index contributed by atoms with van der Waals surface area (Å²) in [5.74, 6) is 0.227. The van der Waals surface area contributed by atoms with Gasteiger partial charge in [-0.3, -0.25) is 9.69 Å². The fraction of sp³-hybridized carbons (Fsp3) is 0.682. The minimum absolute atomic E-state index is 0.112. The van der Waals surface area contributed by atoms with Gasteiger partial charge in [-0.2, -0.15) is 0 Å². The van der Waals surface area contributed by atoms with Crippen LogP contribution in [0.25, 0.3) is 0 Å². The summed E-state index contributed by atoms with van der Waals surface area (Å²) in [5, 5.41) is 12.2. The molecule has 0 unspecified atom stereocenters. The van der Waals surface area contributed by atoms with Gasteiger partial charge in [0.1, 0.15) is 0 Å². The van der Waals surface area contributed by atoms with Crippen molar-refractivity contribution in [3.8, 4) is 0 Å². The van der Waals surface area contributed by atoms with Crippen molar-refractivity contribution in [2.24, 2.45) is 5.92 Å². The number of aliphatic hydroxyl groups is 1. The van der Waals surface area contributed by atoms with Crippen molar-refractivity contribution in [1.29, 1.82) is 0 Å². The molecule has 5 nitrogen and oxygen atoms in total. The Morgan fingerprint density at radius 3 is 2.44 bits per heavy atom. The number of hydrogen-bond donors (Lipinski definition) is 2. The van der Waals surface area contributed by atoms with Crippen molar-refractivity contribution in [2.45, 2.75) is 58.2 Å². The molecule has 2 N–H and O–H groups in total. The van der Waals surface area contributed by atoms with E-state index in [4.69, 9.17) is 0 Å². The first kappa shape index (κ1) is 20.3. The maximum atomic E-state index is 12.2. The fourth-order valence-electron chi connectivity index (χ4n) is 4.39. The second kappa shape index (κ2) is 9.67. The summed E-state index contributed by atoms with van der Waals surface area (Å²) >= 11 is 0. The molecule has 2 fully saturated rings. The molecule has 5 heteroatoms. The number of benzene rings is 1. The summed E-state index contributed by atoms with van der Waals surface area (Å²) < 4.78 is 0. The predicted molar refractivity (Wildman–Crippen MR) is 108 cm³/mol. The van der Waals surface area contributed by atoms with E-state index in [1.54, 1.807) is 6.92 Å². The molecule has 2 heterocycles. The van der Waals surface area contributed by atoms with E-state index in [0.29, 0.717) is 12.6 Å². The van der Waals surface area contributed by atoms with E-state index in [0.717, 1.165) is 45.6 Å². The number of nitrogens with zero attached hydrogens (tertiary/aromatic N) is 2. The summed E-state index contributed by atoms with van der Waals surface area (Å²) in [6.07, 6.45) is 3.86. The molecule has 0 bridgehead atoms. The molecule has 0 saturated carbocycles. The maximum Gasteiger partial charge on any atom is 0.223 e. The van der Waals surface area contributed by atoms with Crippen LogP contribution >= 0.6 is 0 Å². The lowest BCUT2D eigenvalue weighted by atomic mass is 9.92. The first-order chi connectivity index (χ1) is 13.0. The minimum atomic E-state index is -0.473. The highest BCUT2D eigenvalue weighted by molar-refractivity contribution is 5.78. The molecule has 2 aliphatic rings. The number of rotatable bonds is 6. The number of aryl methyl sites for hydroxylation is 1. The second-order valence-corrected chi connectivity index (χ2v) is 8.34. The molecule has 0 aromatic heterocycles. The lowest BCUT2D eigenvalue weighted by Crippen LogP contribution is -2.49. The molecular weight excluding hydrogens is 338 g/mol. The average Bonchev–Trinajstić information content (AvgIpc) is 2.68. The zero-order valence-electron chi connectivity index (χ0n) is 16.9.